The van der Waals surface area contributed by atoms with Gasteiger partial charge in [-0.15, -0.1) is 0 Å². The quantitative estimate of drug-likeness (QED) is 0.386. The third-order valence-corrected chi connectivity index (χ3v) is 2.30. The molecule has 1 aliphatic heterocycles. The number of carbonyl (C=O) groups is 2. The van der Waals surface area contributed by atoms with Crippen LogP contribution in [-0.2, 0) is 4.79 Å². The molecule has 6 nitrogen and oxygen atoms in total. The van der Waals surface area contributed by atoms with Crippen LogP contribution >= 0.6 is 0 Å². The fourth-order valence-electron chi connectivity index (χ4n) is 1.56. The zero-order valence-electron chi connectivity index (χ0n) is 7.76. The summed E-state index contributed by atoms with van der Waals surface area (Å²) in [6, 6.07) is 4.16. The van der Waals surface area contributed by atoms with Crippen LogP contribution < -0.4 is 4.90 Å². The maximum Gasteiger partial charge on any atom is 0.299 e. The predicted octanol–water partition coefficient (Wildman–Crippen LogP) is 0.754. The van der Waals surface area contributed by atoms with Gasteiger partial charge in [0, 0.05) is 13.1 Å². The van der Waals surface area contributed by atoms with Crippen molar-refractivity contribution in [2.45, 2.75) is 0 Å². The second-order valence-electron chi connectivity index (χ2n) is 3.12. The van der Waals surface area contributed by atoms with Crippen LogP contribution in [0.2, 0.25) is 0 Å². The van der Waals surface area contributed by atoms with Crippen molar-refractivity contribution in [1.82, 2.24) is 0 Å². The maximum atomic E-state index is 11.4. The van der Waals surface area contributed by atoms with Gasteiger partial charge in [-0.2, -0.15) is 0 Å². The number of nitro benzene ring substituents is 1. The fourth-order valence-corrected chi connectivity index (χ4v) is 1.56. The molecule has 0 radical (unpaired) electrons. The molecule has 0 saturated heterocycles. The van der Waals surface area contributed by atoms with Crippen molar-refractivity contribution in [3.05, 3.63) is 33.9 Å². The summed E-state index contributed by atoms with van der Waals surface area (Å²) in [5.74, 6) is -1.56. The van der Waals surface area contributed by atoms with Crippen LogP contribution in [0.5, 0.6) is 0 Å². The molecule has 0 N–H and O–H groups in total. The van der Waals surface area contributed by atoms with E-state index in [1.54, 1.807) is 0 Å². The molecular weight excluding hydrogens is 200 g/mol. The molecule has 0 aliphatic carbocycles. The Morgan fingerprint density at radius 2 is 2.00 bits per heavy atom. The van der Waals surface area contributed by atoms with Gasteiger partial charge in [0.05, 0.1) is 10.6 Å². The molecule has 0 atom stereocenters. The van der Waals surface area contributed by atoms with Crippen LogP contribution in [-0.4, -0.2) is 23.7 Å². The number of nitro groups is 1. The summed E-state index contributed by atoms with van der Waals surface area (Å²) in [5.41, 5.74) is -0.149. The molecule has 1 aliphatic rings. The van der Waals surface area contributed by atoms with Crippen molar-refractivity contribution in [3.63, 3.8) is 0 Å². The number of hydrogen-bond acceptors (Lipinski definition) is 4. The zero-order chi connectivity index (χ0) is 11.2. The van der Waals surface area contributed by atoms with Crippen LogP contribution in [0.3, 0.4) is 0 Å². The number of hydrogen-bond donors (Lipinski definition) is 0. The van der Waals surface area contributed by atoms with E-state index in [1.807, 2.05) is 0 Å². The lowest BCUT2D eigenvalue weighted by molar-refractivity contribution is -0.385. The average molecular weight is 206 g/mol. The molecule has 76 valence electrons. The summed E-state index contributed by atoms with van der Waals surface area (Å²) in [4.78, 5) is 33.8. The lowest BCUT2D eigenvalue weighted by atomic mass is 10.1. The number of likely N-dealkylation sites (N-methyl/N-ethyl adjacent to an activating group) is 1. The van der Waals surface area contributed by atoms with Crippen molar-refractivity contribution < 1.29 is 14.5 Å². The van der Waals surface area contributed by atoms with Crippen LogP contribution in [0.4, 0.5) is 11.4 Å². The number of Topliss-reactive ketones (excluding diaryl/α,β-unsaturated/α-hetero) is 1. The van der Waals surface area contributed by atoms with Crippen molar-refractivity contribution in [2.24, 2.45) is 0 Å². The highest BCUT2D eigenvalue weighted by atomic mass is 16.6. The van der Waals surface area contributed by atoms with Gasteiger partial charge in [0.2, 0.25) is 0 Å². The Bertz CT molecular complexity index is 495. The molecule has 0 spiro atoms. The molecule has 0 aromatic heterocycles. The van der Waals surface area contributed by atoms with Gasteiger partial charge in [-0.3, -0.25) is 19.7 Å². The number of nitrogens with zero attached hydrogens (tertiary/aromatic N) is 2. The van der Waals surface area contributed by atoms with Crippen molar-refractivity contribution in [2.75, 3.05) is 11.9 Å². The largest absolute Gasteiger partial charge is 0.308 e. The van der Waals surface area contributed by atoms with E-state index < -0.39 is 16.6 Å². The minimum atomic E-state index is -0.820. The summed E-state index contributed by atoms with van der Waals surface area (Å²) in [7, 11) is 1.41. The number of amides is 1. The molecular formula is C9H6N2O4. The summed E-state index contributed by atoms with van der Waals surface area (Å²) in [5, 5.41) is 10.6. The SMILES string of the molecule is CN1C(=O)C(=O)c2c1cccc2[N+](=O)[O-]. The molecule has 1 aromatic rings. The van der Waals surface area contributed by atoms with Crippen molar-refractivity contribution >= 4 is 23.1 Å². The average Bonchev–Trinajstić information content (AvgIpc) is 2.44. The monoisotopic (exact) mass is 206 g/mol. The van der Waals surface area contributed by atoms with E-state index in [-0.39, 0.29) is 11.3 Å². The highest BCUT2D eigenvalue weighted by molar-refractivity contribution is 6.53. The van der Waals surface area contributed by atoms with E-state index in [0.29, 0.717) is 5.69 Å². The number of rotatable bonds is 1. The van der Waals surface area contributed by atoms with Crippen molar-refractivity contribution in [3.8, 4) is 0 Å². The topological polar surface area (TPSA) is 80.5 Å². The number of benzene rings is 1. The lowest BCUT2D eigenvalue weighted by Crippen LogP contribution is -2.24. The lowest BCUT2D eigenvalue weighted by Gasteiger charge is -2.07. The van der Waals surface area contributed by atoms with E-state index in [0.717, 1.165) is 4.90 Å². The first-order chi connectivity index (χ1) is 7.04. The van der Waals surface area contributed by atoms with Gasteiger partial charge in [-0.1, -0.05) is 6.07 Å². The summed E-state index contributed by atoms with van der Waals surface area (Å²) >= 11 is 0. The van der Waals surface area contributed by atoms with Gasteiger partial charge in [0.15, 0.2) is 0 Å². The van der Waals surface area contributed by atoms with Crippen LogP contribution in [0, 0.1) is 10.1 Å². The van der Waals surface area contributed by atoms with E-state index >= 15 is 0 Å². The molecule has 0 unspecified atom stereocenters. The minimum absolute atomic E-state index is 0.116. The van der Waals surface area contributed by atoms with Gasteiger partial charge in [0.1, 0.15) is 5.56 Å². The van der Waals surface area contributed by atoms with Crippen molar-refractivity contribution in [1.29, 1.82) is 0 Å². The number of anilines is 1. The zero-order valence-corrected chi connectivity index (χ0v) is 7.76. The standard InChI is InChI=1S/C9H6N2O4/c1-10-5-3-2-4-6(11(14)15)7(5)8(12)9(10)13/h2-4H,1H3. The third kappa shape index (κ3) is 1.11. The summed E-state index contributed by atoms with van der Waals surface area (Å²) in [6.45, 7) is 0. The Morgan fingerprint density at radius 1 is 1.33 bits per heavy atom. The molecule has 15 heavy (non-hydrogen) atoms. The second-order valence-corrected chi connectivity index (χ2v) is 3.12. The Kier molecular flexibility index (Phi) is 1.79. The summed E-state index contributed by atoms with van der Waals surface area (Å²) in [6.07, 6.45) is 0. The first-order valence-electron chi connectivity index (χ1n) is 4.14. The van der Waals surface area contributed by atoms with Gasteiger partial charge < -0.3 is 4.90 Å². The van der Waals surface area contributed by atoms with Gasteiger partial charge in [0.25, 0.3) is 17.4 Å². The van der Waals surface area contributed by atoms with Gasteiger partial charge >= 0.3 is 0 Å². The predicted molar refractivity (Wildman–Crippen MR) is 50.8 cm³/mol. The highest BCUT2D eigenvalue weighted by Gasteiger charge is 2.39. The van der Waals surface area contributed by atoms with Crippen LogP contribution in [0.1, 0.15) is 10.4 Å². The Labute approximate surface area is 84.3 Å². The van der Waals surface area contributed by atoms with E-state index in [2.05, 4.69) is 0 Å². The molecule has 1 amide bonds. The molecule has 1 aromatic carbocycles. The number of ketones is 1. The number of fused-ring (bicyclic) bond motifs is 1. The molecule has 1 heterocycles. The van der Waals surface area contributed by atoms with Crippen LogP contribution in [0.25, 0.3) is 0 Å². The third-order valence-electron chi connectivity index (χ3n) is 2.30. The second kappa shape index (κ2) is 2.88. The Morgan fingerprint density at radius 3 is 2.60 bits per heavy atom. The minimum Gasteiger partial charge on any atom is -0.308 e. The van der Waals surface area contributed by atoms with Gasteiger partial charge in [-0.05, 0) is 6.07 Å². The highest BCUT2D eigenvalue weighted by Crippen LogP contribution is 2.34. The molecule has 2 rings (SSSR count). The molecule has 0 fully saturated rings. The molecule has 0 saturated carbocycles. The van der Waals surface area contributed by atoms with E-state index in [9.17, 15) is 19.7 Å². The normalized spacial score (nSPS) is 14.3. The first-order valence-corrected chi connectivity index (χ1v) is 4.14. The first kappa shape index (κ1) is 9.32. The Balaban J connectivity index is 2.74. The smallest absolute Gasteiger partial charge is 0.299 e. The van der Waals surface area contributed by atoms with Crippen LogP contribution in [0.15, 0.2) is 18.2 Å². The van der Waals surface area contributed by atoms with E-state index in [4.69, 9.17) is 0 Å². The maximum absolute atomic E-state index is 11.4. The van der Waals surface area contributed by atoms with Gasteiger partial charge in [-0.25, -0.2) is 0 Å². The Hall–Kier alpha value is -2.24. The fraction of sp³-hybridized carbons (Fsp3) is 0.111. The summed E-state index contributed by atoms with van der Waals surface area (Å²) < 4.78 is 0. The molecule has 0 bridgehead atoms. The molecule has 6 heteroatoms. The number of carbonyl (C=O) groups excluding carboxylic acids is 2. The van der Waals surface area contributed by atoms with E-state index in [1.165, 1.54) is 25.2 Å².